The van der Waals surface area contributed by atoms with Gasteiger partial charge in [0.25, 0.3) is 5.91 Å². The van der Waals surface area contributed by atoms with Crippen LogP contribution in [0.25, 0.3) is 0 Å². The van der Waals surface area contributed by atoms with Crippen molar-refractivity contribution in [2.75, 3.05) is 32.8 Å². The maximum absolute atomic E-state index is 13.5. The van der Waals surface area contributed by atoms with E-state index in [0.717, 1.165) is 12.0 Å². The zero-order chi connectivity index (χ0) is 31.6. The Hall–Kier alpha value is -4.17. The average molecular weight is 606 g/mol. The van der Waals surface area contributed by atoms with E-state index in [2.05, 4.69) is 5.32 Å². The van der Waals surface area contributed by atoms with E-state index in [1.807, 2.05) is 0 Å². The molecule has 9 nitrogen and oxygen atoms in total. The molecule has 15 heteroatoms. The molecule has 0 radical (unpaired) electrons. The highest BCUT2D eigenvalue weighted by Crippen LogP contribution is 2.45. The lowest BCUT2D eigenvalue weighted by Crippen LogP contribution is -2.47. The molecule has 3 amide bonds. The number of rotatable bonds is 6. The van der Waals surface area contributed by atoms with E-state index in [-0.39, 0.29) is 41.7 Å². The number of amides is 3. The second-order valence-corrected chi connectivity index (χ2v) is 9.37. The van der Waals surface area contributed by atoms with Crippen molar-refractivity contribution in [3.05, 3.63) is 58.1 Å². The number of nitrogens with one attached hydrogen (secondary N) is 1. The maximum Gasteiger partial charge on any atom is 0.416 e. The molecule has 230 valence electrons. The van der Waals surface area contributed by atoms with Gasteiger partial charge in [0, 0.05) is 25.7 Å². The molecule has 1 aliphatic rings. The number of halogens is 6. The van der Waals surface area contributed by atoms with Crippen LogP contribution in [0.5, 0.6) is 5.75 Å². The summed E-state index contributed by atoms with van der Waals surface area (Å²) in [5.74, 6) is -0.528. The largest absolute Gasteiger partial charge is 0.496 e. The number of hydrogen-bond acceptors (Lipinski definition) is 6. The highest BCUT2D eigenvalue weighted by atomic mass is 19.4. The fourth-order valence-corrected chi connectivity index (χ4v) is 4.83. The highest BCUT2D eigenvalue weighted by Gasteiger charge is 2.42. The van der Waals surface area contributed by atoms with Gasteiger partial charge < -0.3 is 19.5 Å². The lowest BCUT2D eigenvalue weighted by atomic mass is 9.88. The van der Waals surface area contributed by atoms with Crippen LogP contribution in [0.3, 0.4) is 0 Å². The van der Waals surface area contributed by atoms with Gasteiger partial charge in [-0.2, -0.15) is 26.3 Å². The third kappa shape index (κ3) is 6.65. The average Bonchev–Trinajstić information content (AvgIpc) is 2.92. The molecule has 3 rings (SSSR count). The smallest absolute Gasteiger partial charge is 0.416 e. The van der Waals surface area contributed by atoms with Crippen molar-refractivity contribution < 1.29 is 54.9 Å². The summed E-state index contributed by atoms with van der Waals surface area (Å²) in [7, 11) is 3.65. The molecule has 1 N–H and O–H groups in total. The summed E-state index contributed by atoms with van der Waals surface area (Å²) in [6, 6.07) is 2.01. The van der Waals surface area contributed by atoms with E-state index in [4.69, 9.17) is 14.2 Å². The van der Waals surface area contributed by atoms with Crippen LogP contribution in [-0.4, -0.2) is 56.9 Å². The summed E-state index contributed by atoms with van der Waals surface area (Å²) >= 11 is 0. The topological polar surface area (TPSA) is 97.4 Å². The van der Waals surface area contributed by atoms with Gasteiger partial charge in [0.1, 0.15) is 5.75 Å². The number of anilines is 1. The molecule has 0 fully saturated rings. The third-order valence-corrected chi connectivity index (χ3v) is 6.69. The minimum Gasteiger partial charge on any atom is -0.496 e. The monoisotopic (exact) mass is 605 g/mol. The Kier molecular flexibility index (Phi) is 9.53. The van der Waals surface area contributed by atoms with Gasteiger partial charge in [-0.05, 0) is 55.7 Å². The van der Waals surface area contributed by atoms with Crippen molar-refractivity contribution in [1.29, 1.82) is 0 Å². The molecule has 2 aromatic rings. The number of alkyl halides is 6. The first kappa shape index (κ1) is 32.3. The number of hydrogen-bond donors (Lipinski definition) is 1. The van der Waals surface area contributed by atoms with Gasteiger partial charge in [-0.15, -0.1) is 0 Å². The molecule has 0 aromatic heterocycles. The van der Waals surface area contributed by atoms with Crippen molar-refractivity contribution in [2.45, 2.75) is 51.2 Å². The number of fused-ring (bicyclic) bond motifs is 1. The number of nitrogens with zero attached hydrogens (tertiary/aromatic N) is 2. The predicted octanol–water partition coefficient (Wildman–Crippen LogP) is 6.16. The van der Waals surface area contributed by atoms with Gasteiger partial charge >= 0.3 is 24.5 Å². The number of benzene rings is 2. The van der Waals surface area contributed by atoms with Crippen molar-refractivity contribution in [1.82, 2.24) is 10.2 Å². The third-order valence-electron chi connectivity index (χ3n) is 6.69. The first-order valence-corrected chi connectivity index (χ1v) is 12.6. The van der Waals surface area contributed by atoms with Crippen molar-refractivity contribution in [2.24, 2.45) is 0 Å². The predicted molar refractivity (Wildman–Crippen MR) is 137 cm³/mol. The Morgan fingerprint density at radius 2 is 1.60 bits per heavy atom. The molecule has 2 aromatic carbocycles. The molecule has 0 saturated heterocycles. The zero-order valence-electron chi connectivity index (χ0n) is 23.3. The van der Waals surface area contributed by atoms with E-state index >= 15 is 0 Å². The van der Waals surface area contributed by atoms with Crippen LogP contribution in [0.1, 0.15) is 58.9 Å². The zero-order valence-corrected chi connectivity index (χ0v) is 23.3. The molecule has 42 heavy (non-hydrogen) atoms. The van der Waals surface area contributed by atoms with E-state index in [1.165, 1.54) is 31.2 Å². The van der Waals surface area contributed by atoms with E-state index in [9.17, 15) is 40.7 Å². The first-order valence-electron chi connectivity index (χ1n) is 12.6. The molecule has 0 spiro atoms. The van der Waals surface area contributed by atoms with Gasteiger partial charge in [-0.1, -0.05) is 0 Å². The number of ether oxygens (including phenoxy) is 3. The van der Waals surface area contributed by atoms with Gasteiger partial charge in [-0.25, -0.2) is 9.59 Å². The second kappa shape index (κ2) is 12.4. The lowest BCUT2D eigenvalue weighted by molar-refractivity contribution is -0.143. The number of carbonyl (C=O) groups excluding carboxylic acids is 3. The first-order chi connectivity index (χ1) is 19.6. The van der Waals surface area contributed by atoms with Gasteiger partial charge in [0.05, 0.1) is 49.2 Å². The normalized spacial score (nSPS) is 16.8. The molecule has 1 heterocycles. The van der Waals surface area contributed by atoms with E-state index in [0.29, 0.717) is 12.1 Å². The Balaban J connectivity index is 2.26. The Labute approximate surface area is 237 Å². The van der Waals surface area contributed by atoms with Gasteiger partial charge in [0.2, 0.25) is 0 Å². The van der Waals surface area contributed by atoms with Crippen LogP contribution in [0.15, 0.2) is 30.3 Å². The fourth-order valence-electron chi connectivity index (χ4n) is 4.83. The lowest BCUT2D eigenvalue weighted by Gasteiger charge is -2.42. The molecule has 0 aliphatic carbocycles. The SMILES string of the molecule is CCOC(=O)N1c2cc(OC)c(C(=O)NC)cc2[C@@H](N(Cc2cc(C(F)(F)F)cc(C(F)(F)F)c2)C(=O)OC)C[C@H]1C. The quantitative estimate of drug-likeness (QED) is 0.397. The molecular weight excluding hydrogens is 576 g/mol. The molecule has 0 saturated carbocycles. The second-order valence-electron chi connectivity index (χ2n) is 9.37. The standard InChI is InChI=1S/C27H29F6N3O6/c1-6-42-25(39)36-14(2)7-20(18-11-19(23(37)34-3)22(40-4)12-21(18)36)35(24(38)41-5)13-15-8-16(26(28,29)30)10-17(9-15)27(31,32)33/h8-12,14,20H,6-7,13H2,1-5H3,(H,34,37)/t14-,20+/m1/s1. The summed E-state index contributed by atoms with van der Waals surface area (Å²) in [6.07, 6.45) is -12.1. The summed E-state index contributed by atoms with van der Waals surface area (Å²) in [5.41, 5.74) is -3.20. The fraction of sp³-hybridized carbons (Fsp3) is 0.444. The van der Waals surface area contributed by atoms with Crippen LogP contribution in [0.2, 0.25) is 0 Å². The molecular formula is C27H29F6N3O6. The van der Waals surface area contributed by atoms with Crippen LogP contribution < -0.4 is 15.0 Å². The van der Waals surface area contributed by atoms with Crippen LogP contribution >= 0.6 is 0 Å². The van der Waals surface area contributed by atoms with Crippen molar-refractivity contribution in [3.8, 4) is 5.75 Å². The van der Waals surface area contributed by atoms with Crippen LogP contribution in [0.4, 0.5) is 41.6 Å². The van der Waals surface area contributed by atoms with Crippen molar-refractivity contribution in [3.63, 3.8) is 0 Å². The van der Waals surface area contributed by atoms with Crippen LogP contribution in [0, 0.1) is 0 Å². The Morgan fingerprint density at radius 3 is 2.07 bits per heavy atom. The van der Waals surface area contributed by atoms with Gasteiger partial charge in [-0.3, -0.25) is 14.6 Å². The van der Waals surface area contributed by atoms with E-state index < -0.39 is 65.8 Å². The van der Waals surface area contributed by atoms with Gasteiger partial charge in [0.15, 0.2) is 0 Å². The molecule has 2 atom stereocenters. The van der Waals surface area contributed by atoms with Crippen LogP contribution in [-0.2, 0) is 28.4 Å². The Morgan fingerprint density at radius 1 is 1.00 bits per heavy atom. The minimum absolute atomic E-state index is 0.00496. The Bertz CT molecular complexity index is 1310. The molecule has 0 bridgehead atoms. The van der Waals surface area contributed by atoms with E-state index in [1.54, 1.807) is 13.8 Å². The summed E-state index contributed by atoms with van der Waals surface area (Å²) in [5, 5.41) is 2.44. The summed E-state index contributed by atoms with van der Waals surface area (Å²) < 4.78 is 96.6. The number of carbonyl (C=O) groups is 3. The summed E-state index contributed by atoms with van der Waals surface area (Å²) in [6.45, 7) is 2.51. The molecule has 1 aliphatic heterocycles. The minimum atomic E-state index is -5.10. The summed E-state index contributed by atoms with van der Waals surface area (Å²) in [4.78, 5) is 40.9. The maximum atomic E-state index is 13.5. The number of methoxy groups -OCH3 is 2. The molecule has 0 unspecified atom stereocenters. The van der Waals surface area contributed by atoms with Crippen molar-refractivity contribution >= 4 is 23.8 Å². The highest BCUT2D eigenvalue weighted by molar-refractivity contribution is 5.99.